The molecule has 0 saturated carbocycles. The first-order valence-corrected chi connectivity index (χ1v) is 7.17. The zero-order valence-corrected chi connectivity index (χ0v) is 12.3. The molecule has 8 heteroatoms. The Morgan fingerprint density at radius 3 is 2.91 bits per heavy atom. The molecule has 0 saturated heterocycles. The molecule has 23 heavy (non-hydrogen) atoms. The third-order valence-corrected chi connectivity index (χ3v) is 3.22. The van der Waals surface area contributed by atoms with Gasteiger partial charge >= 0.3 is 0 Å². The normalized spacial score (nSPS) is 11.0. The van der Waals surface area contributed by atoms with E-state index in [1.54, 1.807) is 24.4 Å². The molecule has 2 N–H and O–H groups in total. The van der Waals surface area contributed by atoms with Crippen molar-refractivity contribution in [2.45, 2.75) is 0 Å². The minimum absolute atomic E-state index is 0.00678. The van der Waals surface area contributed by atoms with Gasteiger partial charge in [0.05, 0.1) is 31.4 Å². The number of anilines is 1. The third kappa shape index (κ3) is 3.27. The van der Waals surface area contributed by atoms with E-state index in [0.29, 0.717) is 42.3 Å². The number of ether oxygens (including phenoxy) is 1. The van der Waals surface area contributed by atoms with Crippen LogP contribution < -0.4 is 5.32 Å². The fourth-order valence-corrected chi connectivity index (χ4v) is 2.19. The van der Waals surface area contributed by atoms with Gasteiger partial charge in [-0.15, -0.1) is 0 Å². The largest absolute Gasteiger partial charge is 0.394 e. The Bertz CT molecular complexity index is 792. The van der Waals surface area contributed by atoms with E-state index in [1.165, 1.54) is 17.1 Å². The predicted molar refractivity (Wildman–Crippen MR) is 83.0 cm³/mol. The highest BCUT2D eigenvalue weighted by atomic mass is 19.1. The third-order valence-electron chi connectivity index (χ3n) is 3.22. The number of hydrogen-bond acceptors (Lipinski definition) is 6. The first kappa shape index (κ1) is 15.3. The standard InChI is InChI=1S/C15H16FN5O2/c16-12-3-1-2-4-13(12)21-15-11(9-20-21)14(18-10-19-15)17-5-7-23-8-6-22/h1-4,9-10,22H,5-8H2,(H,17,18,19). The summed E-state index contributed by atoms with van der Waals surface area (Å²) < 4.78 is 20.6. The summed E-state index contributed by atoms with van der Waals surface area (Å²) in [4.78, 5) is 8.38. The van der Waals surface area contributed by atoms with Gasteiger partial charge in [0.25, 0.3) is 0 Å². The molecule has 0 amide bonds. The van der Waals surface area contributed by atoms with Crippen LogP contribution >= 0.6 is 0 Å². The maximum atomic E-state index is 13.9. The monoisotopic (exact) mass is 317 g/mol. The van der Waals surface area contributed by atoms with E-state index in [-0.39, 0.29) is 12.4 Å². The van der Waals surface area contributed by atoms with E-state index in [9.17, 15) is 4.39 Å². The van der Waals surface area contributed by atoms with E-state index in [2.05, 4.69) is 20.4 Å². The zero-order valence-electron chi connectivity index (χ0n) is 12.3. The summed E-state index contributed by atoms with van der Waals surface area (Å²) in [5, 5.41) is 16.7. The Hall–Kier alpha value is -2.58. The molecule has 0 spiro atoms. The van der Waals surface area contributed by atoms with Gasteiger partial charge in [-0.3, -0.25) is 0 Å². The van der Waals surface area contributed by atoms with Gasteiger partial charge < -0.3 is 15.2 Å². The van der Waals surface area contributed by atoms with Crippen molar-refractivity contribution in [1.82, 2.24) is 19.7 Å². The minimum atomic E-state index is -0.372. The van der Waals surface area contributed by atoms with Crippen LogP contribution in [0.2, 0.25) is 0 Å². The molecule has 0 aliphatic carbocycles. The average Bonchev–Trinajstić information content (AvgIpc) is 3.00. The molecule has 0 radical (unpaired) electrons. The Morgan fingerprint density at radius 1 is 1.22 bits per heavy atom. The molecule has 7 nitrogen and oxygen atoms in total. The second-order valence-electron chi connectivity index (χ2n) is 4.73. The Morgan fingerprint density at radius 2 is 2.09 bits per heavy atom. The molecule has 0 atom stereocenters. The Balaban J connectivity index is 1.85. The fraction of sp³-hybridized carbons (Fsp3) is 0.267. The molecule has 0 fully saturated rings. The second kappa shape index (κ2) is 7.12. The Kier molecular flexibility index (Phi) is 4.74. The van der Waals surface area contributed by atoms with Crippen LogP contribution in [-0.4, -0.2) is 51.2 Å². The molecule has 0 aliphatic heterocycles. The number of benzene rings is 1. The molecule has 120 valence electrons. The lowest BCUT2D eigenvalue weighted by Gasteiger charge is -2.07. The minimum Gasteiger partial charge on any atom is -0.394 e. The van der Waals surface area contributed by atoms with Gasteiger partial charge in [0, 0.05) is 6.54 Å². The highest BCUT2D eigenvalue weighted by molar-refractivity contribution is 5.87. The molecule has 3 aromatic rings. The molecule has 0 aliphatic rings. The van der Waals surface area contributed by atoms with Gasteiger partial charge in [0.2, 0.25) is 0 Å². The number of aliphatic hydroxyl groups excluding tert-OH is 1. The summed E-state index contributed by atoms with van der Waals surface area (Å²) in [6.07, 6.45) is 3.00. The van der Waals surface area contributed by atoms with Crippen molar-refractivity contribution in [3.63, 3.8) is 0 Å². The number of halogens is 1. The number of hydrogen-bond donors (Lipinski definition) is 2. The van der Waals surface area contributed by atoms with Gasteiger partial charge in [-0.25, -0.2) is 19.0 Å². The first-order valence-electron chi connectivity index (χ1n) is 7.17. The lowest BCUT2D eigenvalue weighted by Crippen LogP contribution is -2.12. The van der Waals surface area contributed by atoms with Crippen LogP contribution in [0, 0.1) is 5.82 Å². The van der Waals surface area contributed by atoms with Gasteiger partial charge in [0.15, 0.2) is 5.65 Å². The van der Waals surface area contributed by atoms with Crippen molar-refractivity contribution in [1.29, 1.82) is 0 Å². The topological polar surface area (TPSA) is 85.1 Å². The van der Waals surface area contributed by atoms with Crippen molar-refractivity contribution in [3.8, 4) is 5.69 Å². The van der Waals surface area contributed by atoms with Crippen LogP contribution in [0.3, 0.4) is 0 Å². The summed E-state index contributed by atoms with van der Waals surface area (Å²) in [6.45, 7) is 1.25. The summed E-state index contributed by atoms with van der Waals surface area (Å²) in [5.74, 6) is 0.230. The van der Waals surface area contributed by atoms with Crippen LogP contribution in [-0.2, 0) is 4.74 Å². The summed E-state index contributed by atoms with van der Waals surface area (Å²) in [7, 11) is 0. The van der Waals surface area contributed by atoms with Gasteiger partial charge in [-0.1, -0.05) is 12.1 Å². The van der Waals surface area contributed by atoms with Crippen LogP contribution in [0.15, 0.2) is 36.8 Å². The molecule has 3 rings (SSSR count). The van der Waals surface area contributed by atoms with Gasteiger partial charge in [-0.05, 0) is 12.1 Å². The molecule has 0 bridgehead atoms. The van der Waals surface area contributed by atoms with Crippen LogP contribution in [0.25, 0.3) is 16.7 Å². The zero-order chi connectivity index (χ0) is 16.1. The predicted octanol–water partition coefficient (Wildman–Crippen LogP) is 1.38. The van der Waals surface area contributed by atoms with E-state index >= 15 is 0 Å². The lowest BCUT2D eigenvalue weighted by atomic mass is 10.3. The molecule has 0 unspecified atom stereocenters. The smallest absolute Gasteiger partial charge is 0.168 e. The molecular formula is C15H16FN5O2. The van der Waals surface area contributed by atoms with Crippen molar-refractivity contribution < 1.29 is 14.2 Å². The lowest BCUT2D eigenvalue weighted by molar-refractivity contribution is 0.0992. The number of aromatic nitrogens is 4. The highest BCUT2D eigenvalue weighted by Gasteiger charge is 2.13. The second-order valence-corrected chi connectivity index (χ2v) is 4.73. The van der Waals surface area contributed by atoms with Gasteiger partial charge in [0.1, 0.15) is 23.6 Å². The maximum Gasteiger partial charge on any atom is 0.168 e. The first-order chi connectivity index (χ1) is 11.3. The van der Waals surface area contributed by atoms with E-state index in [1.807, 2.05) is 0 Å². The molecule has 2 aromatic heterocycles. The van der Waals surface area contributed by atoms with Crippen LogP contribution in [0.1, 0.15) is 0 Å². The highest BCUT2D eigenvalue weighted by Crippen LogP contribution is 2.22. The molecule has 1 aromatic carbocycles. The fourth-order valence-electron chi connectivity index (χ4n) is 2.19. The summed E-state index contributed by atoms with van der Waals surface area (Å²) in [5.41, 5.74) is 0.849. The average molecular weight is 317 g/mol. The molecule has 2 heterocycles. The van der Waals surface area contributed by atoms with Crippen molar-refractivity contribution >= 4 is 16.9 Å². The summed E-state index contributed by atoms with van der Waals surface area (Å²) in [6, 6.07) is 6.38. The van der Waals surface area contributed by atoms with E-state index in [0.717, 1.165) is 0 Å². The number of nitrogens with zero attached hydrogens (tertiary/aromatic N) is 4. The SMILES string of the molecule is OCCOCCNc1ncnc2c1cnn2-c1ccccc1F. The number of nitrogens with one attached hydrogen (secondary N) is 1. The number of fused-ring (bicyclic) bond motifs is 1. The number of para-hydroxylation sites is 1. The van der Waals surface area contributed by atoms with E-state index < -0.39 is 0 Å². The van der Waals surface area contributed by atoms with Crippen LogP contribution in [0.5, 0.6) is 0 Å². The molecular weight excluding hydrogens is 301 g/mol. The quantitative estimate of drug-likeness (QED) is 0.640. The summed E-state index contributed by atoms with van der Waals surface area (Å²) >= 11 is 0. The van der Waals surface area contributed by atoms with E-state index in [4.69, 9.17) is 9.84 Å². The number of rotatable bonds is 7. The van der Waals surface area contributed by atoms with Crippen molar-refractivity contribution in [2.75, 3.05) is 31.7 Å². The maximum absolute atomic E-state index is 13.9. The number of aliphatic hydroxyl groups is 1. The van der Waals surface area contributed by atoms with Gasteiger partial charge in [-0.2, -0.15) is 5.10 Å². The van der Waals surface area contributed by atoms with Crippen LogP contribution in [0.4, 0.5) is 10.2 Å². The van der Waals surface area contributed by atoms with Crippen molar-refractivity contribution in [3.05, 3.63) is 42.6 Å². The van der Waals surface area contributed by atoms with Crippen molar-refractivity contribution in [2.24, 2.45) is 0 Å². The Labute approximate surface area is 131 Å².